The fraction of sp³-hybridized carbons (Fsp3) is 0.263. The van der Waals surface area contributed by atoms with Crippen molar-refractivity contribution in [1.82, 2.24) is 9.97 Å². The standard InChI is InChI=1S/C19H19N3OS/c1-13-11-23-18-6-4-3-5-14(18)10-22(13)19-16-9-15(24-2)7-8-17(16)20-12-21-19/h3-9,12-13H,10-11H2,1-2H3. The predicted molar refractivity (Wildman–Crippen MR) is 98.9 cm³/mol. The Morgan fingerprint density at radius 2 is 2.04 bits per heavy atom. The lowest BCUT2D eigenvalue weighted by molar-refractivity contribution is 0.299. The Morgan fingerprint density at radius 1 is 1.17 bits per heavy atom. The zero-order chi connectivity index (χ0) is 16.5. The second kappa shape index (κ2) is 6.32. The van der Waals surface area contributed by atoms with E-state index in [1.54, 1.807) is 18.1 Å². The quantitative estimate of drug-likeness (QED) is 0.657. The van der Waals surface area contributed by atoms with Gasteiger partial charge in [-0.3, -0.25) is 0 Å². The molecule has 3 aromatic rings. The Hall–Kier alpha value is -2.27. The molecular formula is C19H19N3OS. The number of benzene rings is 2. The summed E-state index contributed by atoms with van der Waals surface area (Å²) in [5.41, 5.74) is 2.16. The van der Waals surface area contributed by atoms with Crippen molar-refractivity contribution in [3.8, 4) is 5.75 Å². The molecule has 0 amide bonds. The van der Waals surface area contributed by atoms with Crippen molar-refractivity contribution in [3.63, 3.8) is 0 Å². The number of hydrogen-bond donors (Lipinski definition) is 0. The lowest BCUT2D eigenvalue weighted by Crippen LogP contribution is -2.35. The van der Waals surface area contributed by atoms with Crippen molar-refractivity contribution in [1.29, 1.82) is 0 Å². The van der Waals surface area contributed by atoms with E-state index < -0.39 is 0 Å². The number of nitrogens with zero attached hydrogens (tertiary/aromatic N) is 3. The van der Waals surface area contributed by atoms with E-state index in [1.165, 1.54) is 10.5 Å². The number of para-hydroxylation sites is 1. The minimum atomic E-state index is 0.230. The first-order chi connectivity index (χ1) is 11.8. The summed E-state index contributed by atoms with van der Waals surface area (Å²) in [6.45, 7) is 3.61. The summed E-state index contributed by atoms with van der Waals surface area (Å²) in [6.07, 6.45) is 3.74. The van der Waals surface area contributed by atoms with Gasteiger partial charge in [0, 0.05) is 22.4 Å². The van der Waals surface area contributed by atoms with Gasteiger partial charge in [-0.15, -0.1) is 11.8 Å². The van der Waals surface area contributed by atoms with Crippen molar-refractivity contribution in [2.45, 2.75) is 24.4 Å². The zero-order valence-corrected chi connectivity index (χ0v) is 14.6. The molecule has 0 radical (unpaired) electrons. The molecule has 1 unspecified atom stereocenters. The second-order valence-corrected chi connectivity index (χ2v) is 6.86. The van der Waals surface area contributed by atoms with Crippen LogP contribution in [0, 0.1) is 0 Å². The van der Waals surface area contributed by atoms with E-state index in [9.17, 15) is 0 Å². The SMILES string of the molecule is CSc1ccc2ncnc(N3Cc4ccccc4OCC3C)c2c1. The highest BCUT2D eigenvalue weighted by molar-refractivity contribution is 7.98. The van der Waals surface area contributed by atoms with Crippen LogP contribution in [0.25, 0.3) is 10.9 Å². The molecule has 122 valence electrons. The fourth-order valence-electron chi connectivity index (χ4n) is 3.08. The molecule has 4 nitrogen and oxygen atoms in total. The van der Waals surface area contributed by atoms with E-state index in [4.69, 9.17) is 4.74 Å². The van der Waals surface area contributed by atoms with Gasteiger partial charge in [-0.2, -0.15) is 0 Å². The molecule has 2 heterocycles. The summed E-state index contributed by atoms with van der Waals surface area (Å²) in [6, 6.07) is 14.8. The summed E-state index contributed by atoms with van der Waals surface area (Å²) in [4.78, 5) is 12.6. The van der Waals surface area contributed by atoms with E-state index in [1.807, 2.05) is 12.1 Å². The second-order valence-electron chi connectivity index (χ2n) is 5.98. The molecule has 0 bridgehead atoms. The van der Waals surface area contributed by atoms with Crippen LogP contribution >= 0.6 is 11.8 Å². The van der Waals surface area contributed by atoms with Crippen LogP contribution in [0.2, 0.25) is 0 Å². The van der Waals surface area contributed by atoms with Crippen molar-refractivity contribution in [3.05, 3.63) is 54.4 Å². The van der Waals surface area contributed by atoms with Crippen LogP contribution < -0.4 is 9.64 Å². The smallest absolute Gasteiger partial charge is 0.140 e. The summed E-state index contributed by atoms with van der Waals surface area (Å²) >= 11 is 1.73. The maximum absolute atomic E-state index is 5.98. The lowest BCUT2D eigenvalue weighted by Gasteiger charge is -2.28. The summed E-state index contributed by atoms with van der Waals surface area (Å²) < 4.78 is 5.98. The number of rotatable bonds is 2. The molecule has 1 aliphatic heterocycles. The van der Waals surface area contributed by atoms with Gasteiger partial charge in [-0.1, -0.05) is 18.2 Å². The Kier molecular flexibility index (Phi) is 4.02. The summed E-state index contributed by atoms with van der Waals surface area (Å²) in [5.74, 6) is 1.94. The normalized spacial score (nSPS) is 17.2. The molecule has 24 heavy (non-hydrogen) atoms. The number of anilines is 1. The third-order valence-electron chi connectivity index (χ3n) is 4.42. The molecule has 0 N–H and O–H groups in total. The van der Waals surface area contributed by atoms with Crippen LogP contribution in [-0.2, 0) is 6.54 Å². The first-order valence-electron chi connectivity index (χ1n) is 8.02. The Morgan fingerprint density at radius 3 is 2.92 bits per heavy atom. The molecule has 4 rings (SSSR count). The average Bonchev–Trinajstić information content (AvgIpc) is 2.80. The Labute approximate surface area is 145 Å². The van der Waals surface area contributed by atoms with Gasteiger partial charge >= 0.3 is 0 Å². The molecule has 0 spiro atoms. The fourth-order valence-corrected chi connectivity index (χ4v) is 3.52. The largest absolute Gasteiger partial charge is 0.491 e. The molecule has 0 aliphatic carbocycles. The van der Waals surface area contributed by atoms with Gasteiger partial charge < -0.3 is 9.64 Å². The highest BCUT2D eigenvalue weighted by Gasteiger charge is 2.24. The third kappa shape index (κ3) is 2.69. The number of ether oxygens (including phenoxy) is 1. The number of thioether (sulfide) groups is 1. The maximum atomic E-state index is 5.98. The number of fused-ring (bicyclic) bond motifs is 2. The summed E-state index contributed by atoms with van der Waals surface area (Å²) in [7, 11) is 0. The van der Waals surface area contributed by atoms with E-state index >= 15 is 0 Å². The molecule has 2 aromatic carbocycles. The van der Waals surface area contributed by atoms with Crippen LogP contribution in [0.1, 0.15) is 12.5 Å². The monoisotopic (exact) mass is 337 g/mol. The van der Waals surface area contributed by atoms with E-state index in [0.29, 0.717) is 6.61 Å². The van der Waals surface area contributed by atoms with E-state index in [0.717, 1.165) is 29.0 Å². The van der Waals surface area contributed by atoms with Gasteiger partial charge in [-0.05, 0) is 37.4 Å². The van der Waals surface area contributed by atoms with Gasteiger partial charge in [-0.25, -0.2) is 9.97 Å². The minimum absolute atomic E-state index is 0.230. The van der Waals surface area contributed by atoms with E-state index in [2.05, 4.69) is 58.4 Å². The van der Waals surface area contributed by atoms with Gasteiger partial charge in [0.1, 0.15) is 24.5 Å². The molecule has 1 aromatic heterocycles. The molecule has 0 saturated heterocycles. The maximum Gasteiger partial charge on any atom is 0.140 e. The van der Waals surface area contributed by atoms with Gasteiger partial charge in [0.2, 0.25) is 0 Å². The number of hydrogen-bond acceptors (Lipinski definition) is 5. The van der Waals surface area contributed by atoms with Crippen LogP contribution in [0.4, 0.5) is 5.82 Å². The molecule has 1 atom stereocenters. The summed E-state index contributed by atoms with van der Waals surface area (Å²) in [5, 5.41) is 1.09. The molecule has 0 saturated carbocycles. The minimum Gasteiger partial charge on any atom is -0.491 e. The third-order valence-corrected chi connectivity index (χ3v) is 5.14. The predicted octanol–water partition coefficient (Wildman–Crippen LogP) is 4.14. The van der Waals surface area contributed by atoms with Crippen molar-refractivity contribution >= 4 is 28.5 Å². The van der Waals surface area contributed by atoms with Crippen LogP contribution in [0.15, 0.2) is 53.7 Å². The van der Waals surface area contributed by atoms with Gasteiger partial charge in [0.25, 0.3) is 0 Å². The zero-order valence-electron chi connectivity index (χ0n) is 13.8. The van der Waals surface area contributed by atoms with Gasteiger partial charge in [0.05, 0.1) is 11.6 Å². The number of aromatic nitrogens is 2. The molecule has 1 aliphatic rings. The topological polar surface area (TPSA) is 38.2 Å². The van der Waals surface area contributed by atoms with Crippen LogP contribution in [-0.4, -0.2) is 28.9 Å². The molecule has 0 fully saturated rings. The Balaban J connectivity index is 1.83. The van der Waals surface area contributed by atoms with Crippen LogP contribution in [0.3, 0.4) is 0 Å². The molecule has 5 heteroatoms. The highest BCUT2D eigenvalue weighted by atomic mass is 32.2. The van der Waals surface area contributed by atoms with E-state index in [-0.39, 0.29) is 6.04 Å². The van der Waals surface area contributed by atoms with Crippen LogP contribution in [0.5, 0.6) is 5.75 Å². The van der Waals surface area contributed by atoms with Crippen molar-refractivity contribution in [2.24, 2.45) is 0 Å². The van der Waals surface area contributed by atoms with Crippen molar-refractivity contribution in [2.75, 3.05) is 17.8 Å². The first-order valence-corrected chi connectivity index (χ1v) is 9.25. The van der Waals surface area contributed by atoms with Gasteiger partial charge in [0.15, 0.2) is 0 Å². The average molecular weight is 337 g/mol. The van der Waals surface area contributed by atoms with Crippen molar-refractivity contribution < 1.29 is 4.74 Å². The molecular weight excluding hydrogens is 318 g/mol. The highest BCUT2D eigenvalue weighted by Crippen LogP contribution is 2.32. The lowest BCUT2D eigenvalue weighted by atomic mass is 10.1. The Bertz CT molecular complexity index is 883. The first kappa shape index (κ1) is 15.3.